The molecule has 1 spiro atoms. The lowest BCUT2D eigenvalue weighted by Crippen LogP contribution is -2.37. The Labute approximate surface area is 134 Å². The van der Waals surface area contributed by atoms with E-state index in [0.717, 1.165) is 36.6 Å². The molecule has 2 aromatic rings. The Morgan fingerprint density at radius 1 is 1.32 bits per heavy atom. The Kier molecular flexibility index (Phi) is 3.01. The van der Waals surface area contributed by atoms with Gasteiger partial charge in [-0.3, -0.25) is 9.78 Å². The predicted molar refractivity (Wildman–Crippen MR) is 88.8 cm³/mol. The second-order valence-corrected chi connectivity index (χ2v) is 7.68. The summed E-state index contributed by atoms with van der Waals surface area (Å²) >= 11 is 1.58. The lowest BCUT2D eigenvalue weighted by atomic mass is 9.85. The van der Waals surface area contributed by atoms with Gasteiger partial charge in [-0.1, -0.05) is 0 Å². The van der Waals surface area contributed by atoms with E-state index >= 15 is 0 Å². The molecule has 1 amide bonds. The molecule has 4 nitrogen and oxygen atoms in total. The fourth-order valence-corrected chi connectivity index (χ4v) is 4.64. The molecule has 2 aliphatic heterocycles. The molecule has 2 aliphatic rings. The molecule has 114 valence electrons. The molecule has 0 radical (unpaired) electrons. The molecule has 1 saturated heterocycles. The second kappa shape index (κ2) is 4.81. The molecule has 1 atom stereocenters. The zero-order valence-electron chi connectivity index (χ0n) is 12.9. The molecule has 0 aliphatic carbocycles. The number of carbonyl (C=O) groups is 1. The van der Waals surface area contributed by atoms with Gasteiger partial charge in [-0.2, -0.15) is 0 Å². The number of nitrogens with zero attached hydrogens (tertiary/aromatic N) is 3. The molecule has 2 aromatic heterocycles. The monoisotopic (exact) mass is 313 g/mol. The van der Waals surface area contributed by atoms with E-state index in [-0.39, 0.29) is 11.3 Å². The SMILES string of the molecule is Cc1ccc(C(=O)N2CC[C@]3(C2)CN(C)c2cccnc23)s1. The van der Waals surface area contributed by atoms with Gasteiger partial charge in [0.05, 0.1) is 21.7 Å². The standard InChI is InChI=1S/C17H19N3OS/c1-12-5-6-14(22-12)16(21)20-9-7-17(11-20)10-19(2)13-4-3-8-18-15(13)17/h3-6,8H,7,9-11H2,1-2H3/t17-/m1/s1. The minimum Gasteiger partial charge on any atom is -0.372 e. The average Bonchev–Trinajstić information content (AvgIpc) is 3.20. The molecule has 4 heterocycles. The van der Waals surface area contributed by atoms with Crippen molar-refractivity contribution in [2.75, 3.05) is 31.6 Å². The smallest absolute Gasteiger partial charge is 0.263 e. The van der Waals surface area contributed by atoms with Gasteiger partial charge in [0.25, 0.3) is 5.91 Å². The number of hydrogen-bond donors (Lipinski definition) is 0. The molecular weight excluding hydrogens is 294 g/mol. The van der Waals surface area contributed by atoms with Crippen molar-refractivity contribution in [3.8, 4) is 0 Å². The summed E-state index contributed by atoms with van der Waals surface area (Å²) in [5.41, 5.74) is 2.38. The van der Waals surface area contributed by atoms with Crippen molar-refractivity contribution in [3.63, 3.8) is 0 Å². The van der Waals surface area contributed by atoms with E-state index in [1.807, 2.05) is 36.2 Å². The van der Waals surface area contributed by atoms with Crippen LogP contribution in [0.1, 0.15) is 26.7 Å². The zero-order valence-corrected chi connectivity index (χ0v) is 13.7. The highest BCUT2D eigenvalue weighted by atomic mass is 32.1. The first-order chi connectivity index (χ1) is 10.6. The largest absolute Gasteiger partial charge is 0.372 e. The van der Waals surface area contributed by atoms with Crippen LogP contribution in [0.25, 0.3) is 0 Å². The molecule has 1 fully saturated rings. The van der Waals surface area contributed by atoms with Crippen LogP contribution < -0.4 is 4.90 Å². The van der Waals surface area contributed by atoms with Crippen molar-refractivity contribution in [2.24, 2.45) is 0 Å². The fourth-order valence-electron chi connectivity index (χ4n) is 3.80. The summed E-state index contributed by atoms with van der Waals surface area (Å²) in [7, 11) is 2.11. The minimum atomic E-state index is 0.00725. The van der Waals surface area contributed by atoms with Crippen molar-refractivity contribution in [3.05, 3.63) is 45.9 Å². The van der Waals surface area contributed by atoms with Gasteiger partial charge < -0.3 is 9.80 Å². The third kappa shape index (κ3) is 1.96. The van der Waals surface area contributed by atoms with E-state index in [2.05, 4.69) is 23.0 Å². The molecule has 5 heteroatoms. The van der Waals surface area contributed by atoms with Crippen molar-refractivity contribution < 1.29 is 4.79 Å². The van der Waals surface area contributed by atoms with E-state index in [4.69, 9.17) is 0 Å². The molecule has 0 saturated carbocycles. The van der Waals surface area contributed by atoms with Crippen molar-refractivity contribution in [1.82, 2.24) is 9.88 Å². The highest BCUT2D eigenvalue weighted by Crippen LogP contribution is 2.44. The van der Waals surface area contributed by atoms with Crippen LogP contribution in [-0.4, -0.2) is 42.5 Å². The topological polar surface area (TPSA) is 36.4 Å². The van der Waals surface area contributed by atoms with Gasteiger partial charge in [-0.05, 0) is 37.6 Å². The summed E-state index contributed by atoms with van der Waals surface area (Å²) < 4.78 is 0. The Hall–Kier alpha value is -1.88. The maximum absolute atomic E-state index is 12.7. The molecular formula is C17H19N3OS. The van der Waals surface area contributed by atoms with E-state index in [1.54, 1.807) is 11.3 Å². The third-order valence-corrected chi connectivity index (χ3v) is 5.82. The third-order valence-electron chi connectivity index (χ3n) is 4.83. The summed E-state index contributed by atoms with van der Waals surface area (Å²) in [6, 6.07) is 8.08. The first kappa shape index (κ1) is 13.8. The molecule has 0 N–H and O–H groups in total. The number of rotatable bonds is 1. The highest BCUT2D eigenvalue weighted by molar-refractivity contribution is 7.13. The van der Waals surface area contributed by atoms with E-state index in [9.17, 15) is 4.79 Å². The van der Waals surface area contributed by atoms with Crippen molar-refractivity contribution in [2.45, 2.75) is 18.8 Å². The van der Waals surface area contributed by atoms with Crippen LogP contribution in [0.15, 0.2) is 30.5 Å². The zero-order chi connectivity index (χ0) is 15.3. The number of likely N-dealkylation sites (N-methyl/N-ethyl adjacent to an activating group) is 1. The Morgan fingerprint density at radius 3 is 2.95 bits per heavy atom. The van der Waals surface area contributed by atoms with Gasteiger partial charge in [0.2, 0.25) is 0 Å². The van der Waals surface area contributed by atoms with Crippen LogP contribution in [0, 0.1) is 6.92 Å². The number of aryl methyl sites for hydroxylation is 1. The van der Waals surface area contributed by atoms with Gasteiger partial charge in [-0.25, -0.2) is 0 Å². The van der Waals surface area contributed by atoms with Crippen LogP contribution in [-0.2, 0) is 5.41 Å². The van der Waals surface area contributed by atoms with Crippen LogP contribution in [0.5, 0.6) is 0 Å². The Morgan fingerprint density at radius 2 is 2.18 bits per heavy atom. The first-order valence-electron chi connectivity index (χ1n) is 7.61. The summed E-state index contributed by atoms with van der Waals surface area (Å²) in [5.74, 6) is 0.169. The number of amides is 1. The van der Waals surface area contributed by atoms with Gasteiger partial charge in [-0.15, -0.1) is 11.3 Å². The number of aromatic nitrogens is 1. The van der Waals surface area contributed by atoms with Crippen LogP contribution in [0.2, 0.25) is 0 Å². The predicted octanol–water partition coefficient (Wildman–Crippen LogP) is 2.69. The van der Waals surface area contributed by atoms with Crippen LogP contribution in [0.3, 0.4) is 0 Å². The lowest BCUT2D eigenvalue weighted by Gasteiger charge is -2.24. The number of carbonyl (C=O) groups excluding carboxylic acids is 1. The highest BCUT2D eigenvalue weighted by Gasteiger charge is 2.48. The maximum Gasteiger partial charge on any atom is 0.263 e. The van der Waals surface area contributed by atoms with Gasteiger partial charge in [0.1, 0.15) is 0 Å². The van der Waals surface area contributed by atoms with E-state index in [1.165, 1.54) is 10.6 Å². The molecule has 0 unspecified atom stereocenters. The van der Waals surface area contributed by atoms with E-state index in [0.29, 0.717) is 0 Å². The Balaban J connectivity index is 1.62. The first-order valence-corrected chi connectivity index (χ1v) is 8.43. The number of hydrogen-bond acceptors (Lipinski definition) is 4. The summed E-state index contributed by atoms with van der Waals surface area (Å²) in [6.45, 7) is 4.59. The fraction of sp³-hybridized carbons (Fsp3) is 0.412. The molecule has 0 bridgehead atoms. The maximum atomic E-state index is 12.7. The number of pyridine rings is 1. The second-order valence-electron chi connectivity index (χ2n) is 6.39. The number of anilines is 1. The molecule has 22 heavy (non-hydrogen) atoms. The van der Waals surface area contributed by atoms with Crippen molar-refractivity contribution >= 4 is 22.9 Å². The number of fused-ring (bicyclic) bond motifs is 2. The minimum absolute atomic E-state index is 0.00725. The van der Waals surface area contributed by atoms with E-state index < -0.39 is 0 Å². The number of likely N-dealkylation sites (tertiary alicyclic amines) is 1. The van der Waals surface area contributed by atoms with Gasteiger partial charge in [0, 0.05) is 37.8 Å². The quantitative estimate of drug-likeness (QED) is 0.812. The summed E-state index contributed by atoms with van der Waals surface area (Å²) in [5, 5.41) is 0. The van der Waals surface area contributed by atoms with Gasteiger partial charge >= 0.3 is 0 Å². The molecule has 0 aromatic carbocycles. The lowest BCUT2D eigenvalue weighted by molar-refractivity contribution is 0.0789. The number of thiophene rings is 1. The summed E-state index contributed by atoms with van der Waals surface area (Å²) in [4.78, 5) is 23.6. The van der Waals surface area contributed by atoms with Crippen LogP contribution in [0.4, 0.5) is 5.69 Å². The normalized spacial score (nSPS) is 23.4. The average molecular weight is 313 g/mol. The van der Waals surface area contributed by atoms with Gasteiger partial charge in [0.15, 0.2) is 0 Å². The summed E-state index contributed by atoms with van der Waals surface area (Å²) in [6.07, 6.45) is 2.87. The molecule has 4 rings (SSSR count). The van der Waals surface area contributed by atoms with Crippen molar-refractivity contribution in [1.29, 1.82) is 0 Å². The van der Waals surface area contributed by atoms with Crippen LogP contribution >= 0.6 is 11.3 Å². The Bertz CT molecular complexity index is 741.